The van der Waals surface area contributed by atoms with Crippen LogP contribution in [0.2, 0.25) is 0 Å². The third-order valence-corrected chi connectivity index (χ3v) is 10.6. The molecule has 9 nitrogen and oxygen atoms in total. The third-order valence-electron chi connectivity index (χ3n) is 9.32. The Hall–Kier alpha value is -4.44. The third kappa shape index (κ3) is 7.33. The molecule has 0 saturated heterocycles. The Kier molecular flexibility index (Phi) is 9.22. The highest BCUT2D eigenvalue weighted by Crippen LogP contribution is 2.33. The van der Waals surface area contributed by atoms with E-state index >= 15 is 0 Å². The summed E-state index contributed by atoms with van der Waals surface area (Å²) < 4.78 is 36.4. The fourth-order valence-corrected chi connectivity index (χ4v) is 7.59. The summed E-state index contributed by atoms with van der Waals surface area (Å²) in [5, 5.41) is 0. The Morgan fingerprint density at radius 1 is 0.958 bits per heavy atom. The van der Waals surface area contributed by atoms with E-state index in [4.69, 9.17) is 4.74 Å². The fraction of sp³-hybridized carbons (Fsp3) is 0.395. The molecule has 6 rings (SSSR count). The van der Waals surface area contributed by atoms with Crippen LogP contribution < -0.4 is 14.4 Å². The average molecular weight is 668 g/mol. The average Bonchev–Trinajstić information content (AvgIpc) is 3.00. The van der Waals surface area contributed by atoms with E-state index < -0.39 is 10.0 Å². The van der Waals surface area contributed by atoms with Crippen LogP contribution in [0.3, 0.4) is 0 Å². The number of anilines is 2. The molecule has 0 spiro atoms. The highest BCUT2D eigenvalue weighted by Gasteiger charge is 2.32. The fourth-order valence-electron chi connectivity index (χ4n) is 6.60. The van der Waals surface area contributed by atoms with Gasteiger partial charge in [0.1, 0.15) is 6.61 Å². The molecule has 0 unspecified atom stereocenters. The van der Waals surface area contributed by atoms with E-state index in [1.165, 1.54) is 31.4 Å². The molecular weight excluding hydrogens is 623 g/mol. The van der Waals surface area contributed by atoms with Gasteiger partial charge in [0.25, 0.3) is 15.9 Å². The van der Waals surface area contributed by atoms with Gasteiger partial charge in [0.15, 0.2) is 0 Å². The maximum atomic E-state index is 14.5. The first-order valence-electron chi connectivity index (χ1n) is 16.6. The Morgan fingerprint density at radius 2 is 1.67 bits per heavy atom. The number of aryl methyl sites for hydroxylation is 2. The van der Waals surface area contributed by atoms with Crippen molar-refractivity contribution in [2.24, 2.45) is 5.41 Å². The molecule has 1 aliphatic carbocycles. The Labute approximate surface area is 284 Å². The molecule has 1 amide bonds. The Bertz CT molecular complexity index is 1910. The predicted octanol–water partition coefficient (Wildman–Crippen LogP) is 7.39. The number of nitrogens with one attached hydrogen (secondary N) is 1. The summed E-state index contributed by atoms with van der Waals surface area (Å²) >= 11 is 0. The van der Waals surface area contributed by atoms with Gasteiger partial charge in [-0.2, -0.15) is 4.98 Å². The highest BCUT2D eigenvalue weighted by molar-refractivity contribution is 7.92. The van der Waals surface area contributed by atoms with Crippen LogP contribution >= 0.6 is 0 Å². The smallest absolute Gasteiger partial charge is 0.264 e. The zero-order valence-corrected chi connectivity index (χ0v) is 29.5. The molecule has 4 bridgehead atoms. The molecule has 0 radical (unpaired) electrons. The summed E-state index contributed by atoms with van der Waals surface area (Å²) in [5.41, 5.74) is 5.64. The number of sulfonamides is 1. The van der Waals surface area contributed by atoms with Crippen molar-refractivity contribution >= 4 is 27.6 Å². The molecule has 252 valence electrons. The molecule has 1 aliphatic heterocycles. The normalized spacial score (nSPS) is 18.0. The number of rotatable bonds is 6. The van der Waals surface area contributed by atoms with E-state index in [9.17, 15) is 13.2 Å². The minimum Gasteiger partial charge on any atom is -0.475 e. The number of hydrogen-bond donors (Lipinski definition) is 1. The maximum Gasteiger partial charge on any atom is 0.264 e. The van der Waals surface area contributed by atoms with Crippen LogP contribution in [0, 0.1) is 19.3 Å². The maximum absolute atomic E-state index is 14.5. The number of carbonyl (C=O) groups is 1. The first-order chi connectivity index (χ1) is 22.8. The van der Waals surface area contributed by atoms with Crippen molar-refractivity contribution in [3.05, 3.63) is 95.1 Å². The Balaban J connectivity index is 1.46. The largest absolute Gasteiger partial charge is 0.475 e. The van der Waals surface area contributed by atoms with E-state index in [1.54, 1.807) is 18.2 Å². The second kappa shape index (κ2) is 13.2. The molecule has 1 saturated carbocycles. The highest BCUT2D eigenvalue weighted by atomic mass is 32.2. The summed E-state index contributed by atoms with van der Waals surface area (Å²) in [7, 11) is -2.02. The van der Waals surface area contributed by atoms with Crippen LogP contribution in [0.5, 0.6) is 5.88 Å². The van der Waals surface area contributed by atoms with Gasteiger partial charge >= 0.3 is 0 Å². The predicted molar refractivity (Wildman–Crippen MR) is 190 cm³/mol. The minimum atomic E-state index is -4.15. The number of fused-ring (bicyclic) bond motifs is 4. The van der Waals surface area contributed by atoms with Gasteiger partial charge in [0, 0.05) is 42.5 Å². The van der Waals surface area contributed by atoms with Crippen LogP contribution in [-0.4, -0.2) is 54.9 Å². The number of hydrogen-bond acceptors (Lipinski definition) is 7. The monoisotopic (exact) mass is 667 g/mol. The van der Waals surface area contributed by atoms with Gasteiger partial charge in [0.05, 0.1) is 16.6 Å². The van der Waals surface area contributed by atoms with Crippen LogP contribution in [0.25, 0.3) is 11.3 Å². The first-order valence-corrected chi connectivity index (χ1v) is 18.1. The van der Waals surface area contributed by atoms with Crippen molar-refractivity contribution < 1.29 is 17.9 Å². The molecular formula is C38H45N5O4S. The number of benzene rings is 3. The summed E-state index contributed by atoms with van der Waals surface area (Å²) in [6, 6.07) is 22.4. The number of aromatic nitrogens is 2. The van der Waals surface area contributed by atoms with E-state index in [-0.39, 0.29) is 46.3 Å². The lowest BCUT2D eigenvalue weighted by Gasteiger charge is -2.37. The van der Waals surface area contributed by atoms with Crippen molar-refractivity contribution in [3.63, 3.8) is 0 Å². The summed E-state index contributed by atoms with van der Waals surface area (Å²) in [6.45, 7) is 10.9. The Morgan fingerprint density at radius 3 is 2.35 bits per heavy atom. The lowest BCUT2D eigenvalue weighted by Crippen LogP contribution is -2.45. The zero-order chi connectivity index (χ0) is 34.2. The topological polar surface area (TPSA) is 105 Å². The van der Waals surface area contributed by atoms with Gasteiger partial charge in [0.2, 0.25) is 11.8 Å². The van der Waals surface area contributed by atoms with Crippen molar-refractivity contribution in [1.82, 2.24) is 14.9 Å². The lowest BCUT2D eigenvalue weighted by molar-refractivity contribution is 0.0513. The second-order valence-electron chi connectivity index (χ2n) is 14.3. The minimum absolute atomic E-state index is 0.0485. The number of amides is 1. The van der Waals surface area contributed by atoms with Crippen LogP contribution in [-0.2, 0) is 16.6 Å². The molecule has 4 aromatic rings. The van der Waals surface area contributed by atoms with E-state index in [0.29, 0.717) is 24.7 Å². The van der Waals surface area contributed by atoms with Gasteiger partial charge in [-0.1, -0.05) is 57.2 Å². The van der Waals surface area contributed by atoms with E-state index in [0.717, 1.165) is 27.9 Å². The van der Waals surface area contributed by atoms with E-state index in [1.807, 2.05) is 49.1 Å². The molecule has 1 aromatic heterocycles. The van der Waals surface area contributed by atoms with Crippen molar-refractivity contribution in [2.45, 2.75) is 83.8 Å². The van der Waals surface area contributed by atoms with Gasteiger partial charge in [-0.15, -0.1) is 0 Å². The van der Waals surface area contributed by atoms with E-state index in [2.05, 4.69) is 59.5 Å². The van der Waals surface area contributed by atoms with Gasteiger partial charge in [-0.25, -0.2) is 18.1 Å². The molecule has 48 heavy (non-hydrogen) atoms. The molecule has 1 fully saturated rings. The van der Waals surface area contributed by atoms with Gasteiger partial charge in [-0.3, -0.25) is 4.79 Å². The summed E-state index contributed by atoms with van der Waals surface area (Å²) in [5.74, 6) is -0.143. The van der Waals surface area contributed by atoms with Crippen molar-refractivity contribution in [2.75, 3.05) is 23.3 Å². The SMILES string of the molecule is Cc1cccc(C)c1-c1cc2nc(n1)NS(=O)(=O)c1cccc(c1)C(=O)N(Cc1cccc(N(C)C3CCC3)c1)[C@H](CC(C)(C)C)CO2. The molecule has 1 N–H and O–H groups in total. The molecule has 3 aromatic carbocycles. The molecule has 2 aliphatic rings. The van der Waals surface area contributed by atoms with Crippen LogP contribution in [0.15, 0.2) is 77.7 Å². The standard InChI is InChI=1S/C38H45N5O4S/c1-25-11-7-12-26(2)35(25)33-21-34-40-37(39-33)41-48(45,46)32-18-9-14-28(20-32)36(44)43(31(24-47-34)22-38(3,4)5)23-27-13-8-17-30(19-27)42(6)29-15-10-16-29/h7-9,11-14,17-21,29,31H,10,15-16,22-24H2,1-6H3,(H,39,40,41)/t31-/m1/s1. The molecule has 2 heterocycles. The first kappa shape index (κ1) is 33.5. The number of carbonyl (C=O) groups excluding carboxylic acids is 1. The lowest BCUT2D eigenvalue weighted by atomic mass is 9.87. The van der Waals surface area contributed by atoms with Crippen LogP contribution in [0.1, 0.15) is 73.5 Å². The van der Waals surface area contributed by atoms with Gasteiger partial charge < -0.3 is 14.5 Å². The number of ether oxygens (including phenoxy) is 1. The van der Waals surface area contributed by atoms with Crippen LogP contribution in [0.4, 0.5) is 11.6 Å². The van der Waals surface area contributed by atoms with Crippen molar-refractivity contribution in [3.8, 4) is 17.1 Å². The zero-order valence-electron chi connectivity index (χ0n) is 28.7. The second-order valence-corrected chi connectivity index (χ2v) is 16.0. The molecule has 10 heteroatoms. The van der Waals surface area contributed by atoms with Gasteiger partial charge in [-0.05, 0) is 92.0 Å². The molecule has 1 atom stereocenters. The quantitative estimate of drug-likeness (QED) is 0.229. The van der Waals surface area contributed by atoms with Crippen molar-refractivity contribution in [1.29, 1.82) is 0 Å². The number of nitrogens with zero attached hydrogens (tertiary/aromatic N) is 4. The summed E-state index contributed by atoms with van der Waals surface area (Å²) in [6.07, 6.45) is 4.24. The summed E-state index contributed by atoms with van der Waals surface area (Å²) in [4.78, 5) is 27.8.